The molecule has 0 amide bonds. The number of anilines is 1. The first-order chi connectivity index (χ1) is 25.0. The molecular formula is C38H50N6O6SSi. The molecule has 278 valence electrons. The van der Waals surface area contributed by atoms with Gasteiger partial charge in [0.15, 0.2) is 0 Å². The zero-order valence-corrected chi connectivity index (χ0v) is 32.4. The molecule has 0 saturated carbocycles. The van der Waals surface area contributed by atoms with Crippen LogP contribution in [0.3, 0.4) is 0 Å². The summed E-state index contributed by atoms with van der Waals surface area (Å²) in [6.07, 6.45) is 2.47. The van der Waals surface area contributed by atoms with Crippen molar-refractivity contribution < 1.29 is 28.1 Å². The fraction of sp³-hybridized carbons (Fsp3) is 0.500. The van der Waals surface area contributed by atoms with Crippen LogP contribution in [0.1, 0.15) is 18.4 Å². The molecule has 0 unspecified atom stereocenters. The summed E-state index contributed by atoms with van der Waals surface area (Å²) in [5.74, 6) is 1.94. The van der Waals surface area contributed by atoms with Gasteiger partial charge in [-0.25, -0.2) is 9.97 Å². The topological polar surface area (TPSA) is 138 Å². The van der Waals surface area contributed by atoms with Gasteiger partial charge in [0.1, 0.15) is 42.4 Å². The van der Waals surface area contributed by atoms with Crippen LogP contribution in [-0.2, 0) is 16.2 Å². The molecular weight excluding hydrogens is 697 g/mol. The lowest BCUT2D eigenvalue weighted by molar-refractivity contribution is -0.0660. The molecule has 0 bridgehead atoms. The van der Waals surface area contributed by atoms with E-state index in [1.807, 2.05) is 18.2 Å². The van der Waals surface area contributed by atoms with E-state index in [1.54, 1.807) is 13.4 Å². The van der Waals surface area contributed by atoms with E-state index in [1.165, 1.54) is 0 Å². The quantitative estimate of drug-likeness (QED) is 0.117. The predicted molar refractivity (Wildman–Crippen MR) is 208 cm³/mol. The predicted octanol–water partition coefficient (Wildman–Crippen LogP) is 6.77. The van der Waals surface area contributed by atoms with Crippen molar-refractivity contribution in [3.63, 3.8) is 0 Å². The van der Waals surface area contributed by atoms with Crippen molar-refractivity contribution in [2.45, 2.75) is 57.4 Å². The second-order valence-electron chi connectivity index (χ2n) is 15.2. The second kappa shape index (κ2) is 15.4. The maximum atomic E-state index is 10.1. The summed E-state index contributed by atoms with van der Waals surface area (Å²) in [5, 5.41) is 11.0. The number of benzene rings is 2. The smallest absolute Gasteiger partial charge is 0.146 e. The van der Waals surface area contributed by atoms with Gasteiger partial charge in [0, 0.05) is 81.7 Å². The van der Waals surface area contributed by atoms with Crippen LogP contribution in [-0.4, -0.2) is 113 Å². The molecule has 12 nitrogen and oxygen atoms in total. The third kappa shape index (κ3) is 8.11. The lowest BCUT2D eigenvalue weighted by atomic mass is 10.0. The van der Waals surface area contributed by atoms with E-state index in [0.717, 1.165) is 84.7 Å². The zero-order chi connectivity index (χ0) is 36.5. The standard InChI is InChI=1S/C38H50N6O6SSi/c1-47-36-20-27(5-7-33(36)43-13-11-42(12-14-43)30-23-49-24-30)34-21-32-37(40-25-41-38(32)44(34)26-48-15-18-52(2,3)4)28-6-8-35(29(19-28)22-39)50-31-9-16-51(45,46)17-10-31/h5-8,19-21,25,30-31,45-46H,9-18,23-24,26H2,1-4H3. The monoisotopic (exact) mass is 746 g/mol. The van der Waals surface area contributed by atoms with Crippen LogP contribution in [0.2, 0.25) is 25.7 Å². The van der Waals surface area contributed by atoms with Crippen molar-refractivity contribution in [2.75, 3.05) is 69.5 Å². The number of hydrogen-bond donors (Lipinski definition) is 2. The highest BCUT2D eigenvalue weighted by Crippen LogP contribution is 2.45. The van der Waals surface area contributed by atoms with E-state index >= 15 is 0 Å². The third-order valence-corrected chi connectivity index (χ3v) is 13.9. The molecule has 2 N–H and O–H groups in total. The summed E-state index contributed by atoms with van der Waals surface area (Å²) in [7, 11) is -2.09. The molecule has 3 fully saturated rings. The highest BCUT2D eigenvalue weighted by atomic mass is 32.3. The minimum Gasteiger partial charge on any atom is -0.495 e. The maximum Gasteiger partial charge on any atom is 0.146 e. The van der Waals surface area contributed by atoms with Crippen LogP contribution in [0, 0.1) is 11.3 Å². The molecule has 52 heavy (non-hydrogen) atoms. The fourth-order valence-electron chi connectivity index (χ4n) is 7.11. The lowest BCUT2D eigenvalue weighted by Gasteiger charge is -2.43. The van der Waals surface area contributed by atoms with E-state index in [2.05, 4.69) is 64.3 Å². The number of methoxy groups -OCH3 is 1. The first-order valence-corrected chi connectivity index (χ1v) is 23.7. The average molecular weight is 747 g/mol. The largest absolute Gasteiger partial charge is 0.495 e. The first-order valence-electron chi connectivity index (χ1n) is 18.1. The van der Waals surface area contributed by atoms with Crippen molar-refractivity contribution in [2.24, 2.45) is 0 Å². The summed E-state index contributed by atoms with van der Waals surface area (Å²) >= 11 is 0. The Labute approximate surface area is 308 Å². The van der Waals surface area contributed by atoms with E-state index in [9.17, 15) is 14.4 Å². The van der Waals surface area contributed by atoms with Gasteiger partial charge in [-0.1, -0.05) is 25.7 Å². The first kappa shape index (κ1) is 36.7. The Bertz CT molecular complexity index is 1920. The zero-order valence-electron chi connectivity index (χ0n) is 30.6. The van der Waals surface area contributed by atoms with Crippen LogP contribution in [0.5, 0.6) is 11.5 Å². The summed E-state index contributed by atoms with van der Waals surface area (Å²) in [6, 6.07) is 18.0. The van der Waals surface area contributed by atoms with Crippen LogP contribution in [0.15, 0.2) is 48.8 Å². The molecule has 3 aliphatic rings. The Kier molecular flexibility index (Phi) is 10.8. The second-order valence-corrected chi connectivity index (χ2v) is 23.3. The Balaban J connectivity index is 1.20. The van der Waals surface area contributed by atoms with E-state index in [-0.39, 0.29) is 6.10 Å². The molecule has 0 radical (unpaired) electrons. The summed E-state index contributed by atoms with van der Waals surface area (Å²) < 4.78 is 46.1. The van der Waals surface area contributed by atoms with Crippen molar-refractivity contribution in [1.82, 2.24) is 19.4 Å². The van der Waals surface area contributed by atoms with Crippen LogP contribution < -0.4 is 14.4 Å². The molecule has 2 aromatic carbocycles. The Hall–Kier alpha value is -3.68. The molecule has 4 aromatic rings. The highest BCUT2D eigenvalue weighted by Gasteiger charge is 2.30. The van der Waals surface area contributed by atoms with E-state index in [4.69, 9.17) is 28.9 Å². The van der Waals surface area contributed by atoms with Crippen LogP contribution in [0.25, 0.3) is 33.5 Å². The minimum absolute atomic E-state index is 0.170. The number of nitriles is 1. The number of nitrogens with zero attached hydrogens (tertiary/aromatic N) is 6. The van der Waals surface area contributed by atoms with E-state index in [0.29, 0.717) is 60.7 Å². The number of ether oxygens (including phenoxy) is 4. The summed E-state index contributed by atoms with van der Waals surface area (Å²) in [6.45, 7) is 13.6. The van der Waals surface area contributed by atoms with Crippen molar-refractivity contribution in [3.05, 3.63) is 54.4 Å². The molecule has 2 aromatic heterocycles. The number of piperazine rings is 1. The Morgan fingerprint density at radius 1 is 0.962 bits per heavy atom. The fourth-order valence-corrected chi connectivity index (χ4v) is 9.35. The molecule has 14 heteroatoms. The van der Waals surface area contributed by atoms with Crippen molar-refractivity contribution in [1.29, 1.82) is 5.26 Å². The number of fused-ring (bicyclic) bond motifs is 1. The third-order valence-electron chi connectivity index (χ3n) is 10.4. The van der Waals surface area contributed by atoms with E-state index < -0.39 is 18.7 Å². The Morgan fingerprint density at radius 2 is 1.71 bits per heavy atom. The van der Waals surface area contributed by atoms with Gasteiger partial charge >= 0.3 is 0 Å². The van der Waals surface area contributed by atoms with Gasteiger partial charge in [0.25, 0.3) is 0 Å². The van der Waals surface area contributed by atoms with Gasteiger partial charge in [-0.15, -0.1) is 0 Å². The summed E-state index contributed by atoms with van der Waals surface area (Å²) in [5.41, 5.74) is 5.63. The summed E-state index contributed by atoms with van der Waals surface area (Å²) in [4.78, 5) is 14.4. The molecule has 7 rings (SSSR count). The van der Waals surface area contributed by atoms with Crippen LogP contribution in [0.4, 0.5) is 5.69 Å². The van der Waals surface area contributed by atoms with Gasteiger partial charge < -0.3 is 28.4 Å². The number of rotatable bonds is 12. The maximum absolute atomic E-state index is 10.1. The van der Waals surface area contributed by atoms with Gasteiger partial charge in [0.05, 0.1) is 49.0 Å². The molecule has 0 aliphatic carbocycles. The lowest BCUT2D eigenvalue weighted by Crippen LogP contribution is -2.56. The average Bonchev–Trinajstić information content (AvgIpc) is 3.49. The van der Waals surface area contributed by atoms with Crippen molar-refractivity contribution >= 4 is 35.4 Å². The SMILES string of the molecule is COc1cc(-c2cc3c(-c4ccc(OC5CCS(O)(O)CC5)c(C#N)c4)ncnc3n2COCC[Si](C)(C)C)ccc1N1CCN(C2COC2)CC1. The number of hydrogen-bond acceptors (Lipinski definition) is 11. The molecule has 0 atom stereocenters. The molecule has 5 heterocycles. The van der Waals surface area contributed by atoms with Gasteiger partial charge in [-0.3, -0.25) is 14.0 Å². The van der Waals surface area contributed by atoms with Gasteiger partial charge in [-0.2, -0.15) is 15.9 Å². The highest BCUT2D eigenvalue weighted by molar-refractivity contribution is 8.24. The molecule has 3 aliphatic heterocycles. The van der Waals surface area contributed by atoms with Crippen LogP contribution >= 0.6 is 10.6 Å². The van der Waals surface area contributed by atoms with Gasteiger partial charge in [0.2, 0.25) is 0 Å². The normalized spacial score (nSPS) is 19.3. The van der Waals surface area contributed by atoms with Crippen molar-refractivity contribution in [3.8, 4) is 40.1 Å². The molecule has 0 spiro atoms. The minimum atomic E-state index is -2.52. The molecule has 3 saturated heterocycles. The van der Waals surface area contributed by atoms with Gasteiger partial charge in [-0.05, 0) is 42.4 Å². The number of aromatic nitrogens is 3. The Morgan fingerprint density at radius 3 is 2.38 bits per heavy atom.